The average molecular weight is 526 g/mol. The molecule has 1 fully saturated rings. The highest BCUT2D eigenvalue weighted by Gasteiger charge is 2.59. The van der Waals surface area contributed by atoms with E-state index in [0.29, 0.717) is 24.3 Å². The molecule has 2 atom stereocenters. The Balaban J connectivity index is 1.87. The van der Waals surface area contributed by atoms with Crippen molar-refractivity contribution in [2.45, 2.75) is 90.3 Å². The molecular formula is C31H40FNO5. The molecular weight excluding hydrogens is 485 g/mol. The number of carboxylic acids is 1. The maximum atomic E-state index is 14.4. The van der Waals surface area contributed by atoms with Crippen molar-refractivity contribution in [1.29, 1.82) is 0 Å². The Hall–Kier alpha value is -3.22. The number of ether oxygens (including phenoxy) is 1. The van der Waals surface area contributed by atoms with Crippen LogP contribution in [0, 0.1) is 12.8 Å². The van der Waals surface area contributed by atoms with Gasteiger partial charge in [0.1, 0.15) is 17.0 Å². The van der Waals surface area contributed by atoms with Gasteiger partial charge in [-0.15, -0.1) is 0 Å². The molecule has 2 aromatic rings. The first kappa shape index (κ1) is 29.3. The number of alkyl halides is 1. The molecule has 0 heterocycles. The third-order valence-corrected chi connectivity index (χ3v) is 7.66. The average Bonchev–Trinajstić information content (AvgIpc) is 2.83. The summed E-state index contributed by atoms with van der Waals surface area (Å²) in [5.74, 6) is -2.04. The number of halogens is 1. The molecule has 1 saturated carbocycles. The van der Waals surface area contributed by atoms with Gasteiger partial charge in [-0.05, 0) is 81.7 Å². The molecule has 2 unspecified atom stereocenters. The van der Waals surface area contributed by atoms with E-state index in [1.807, 2.05) is 45.0 Å². The van der Waals surface area contributed by atoms with Gasteiger partial charge < -0.3 is 15.2 Å². The number of carboxylic acid groups (broad SMARTS) is 1. The zero-order valence-corrected chi connectivity index (χ0v) is 23.1. The van der Waals surface area contributed by atoms with E-state index < -0.39 is 23.1 Å². The number of unbranched alkanes of at least 4 members (excludes halogenated alkanes) is 1. The molecule has 3 rings (SSSR count). The molecule has 0 radical (unpaired) electrons. The van der Waals surface area contributed by atoms with Gasteiger partial charge in [-0.3, -0.25) is 9.59 Å². The number of ketones is 1. The van der Waals surface area contributed by atoms with E-state index >= 15 is 0 Å². The lowest BCUT2D eigenvalue weighted by Crippen LogP contribution is -2.68. The van der Waals surface area contributed by atoms with Crippen LogP contribution in [0.2, 0.25) is 0 Å². The van der Waals surface area contributed by atoms with E-state index in [2.05, 4.69) is 17.4 Å². The number of carbonyl (C=O) groups excluding carboxylic acids is 2. The topological polar surface area (TPSA) is 92.7 Å². The van der Waals surface area contributed by atoms with Crippen molar-refractivity contribution in [3.8, 4) is 5.75 Å². The van der Waals surface area contributed by atoms with Crippen LogP contribution in [0.5, 0.6) is 5.75 Å². The smallest absolute Gasteiger partial charge is 0.329 e. The second-order valence-electron chi connectivity index (χ2n) is 11.0. The molecule has 0 spiro atoms. The molecule has 0 bridgehead atoms. The fraction of sp³-hybridized carbons (Fsp3) is 0.516. The van der Waals surface area contributed by atoms with Crippen LogP contribution in [-0.4, -0.2) is 40.6 Å². The molecule has 1 amide bonds. The number of Topliss-reactive ketones (excluding diaryl/α,β-unsaturated/α-hetero) is 1. The predicted molar refractivity (Wildman–Crippen MR) is 146 cm³/mol. The van der Waals surface area contributed by atoms with Crippen LogP contribution in [0.25, 0.3) is 0 Å². The first-order valence-electron chi connectivity index (χ1n) is 13.5. The monoisotopic (exact) mass is 525 g/mol. The summed E-state index contributed by atoms with van der Waals surface area (Å²) in [6.45, 7) is 8.94. The molecule has 2 N–H and O–H groups in total. The van der Waals surface area contributed by atoms with Crippen molar-refractivity contribution in [3.63, 3.8) is 0 Å². The van der Waals surface area contributed by atoms with Gasteiger partial charge >= 0.3 is 5.97 Å². The van der Waals surface area contributed by atoms with Gasteiger partial charge in [0.25, 0.3) is 0 Å². The highest BCUT2D eigenvalue weighted by molar-refractivity contribution is 5.97. The summed E-state index contributed by atoms with van der Waals surface area (Å²) in [5.41, 5.74) is 0.238. The summed E-state index contributed by atoms with van der Waals surface area (Å²) >= 11 is 0. The molecule has 2 aromatic carbocycles. The summed E-state index contributed by atoms with van der Waals surface area (Å²) in [5, 5.41) is 12.6. The summed E-state index contributed by atoms with van der Waals surface area (Å²) in [4.78, 5) is 37.9. The van der Waals surface area contributed by atoms with Gasteiger partial charge in [0.05, 0.1) is 12.2 Å². The van der Waals surface area contributed by atoms with Crippen LogP contribution < -0.4 is 10.1 Å². The van der Waals surface area contributed by atoms with Crippen molar-refractivity contribution in [3.05, 3.63) is 64.7 Å². The summed E-state index contributed by atoms with van der Waals surface area (Å²) in [6.07, 6.45) is 2.55. The van der Waals surface area contributed by atoms with Crippen LogP contribution >= 0.6 is 0 Å². The van der Waals surface area contributed by atoms with E-state index in [-0.39, 0.29) is 30.4 Å². The number of carbonyl (C=O) groups is 3. The van der Waals surface area contributed by atoms with Crippen molar-refractivity contribution in [2.24, 2.45) is 5.92 Å². The Morgan fingerprint density at radius 1 is 1.13 bits per heavy atom. The molecule has 6 nitrogen and oxygen atoms in total. The third kappa shape index (κ3) is 6.80. The van der Waals surface area contributed by atoms with Gasteiger partial charge in [0, 0.05) is 18.8 Å². The Labute approximate surface area is 225 Å². The Morgan fingerprint density at radius 2 is 1.79 bits per heavy atom. The molecule has 1 aliphatic carbocycles. The maximum Gasteiger partial charge on any atom is 0.329 e. The Morgan fingerprint density at radius 3 is 2.34 bits per heavy atom. The Bertz CT molecular complexity index is 1150. The van der Waals surface area contributed by atoms with Crippen LogP contribution in [0.15, 0.2) is 42.5 Å². The minimum atomic E-state index is -1.62. The number of nitrogens with one attached hydrogen (secondary N) is 1. The predicted octanol–water partition coefficient (Wildman–Crippen LogP) is 6.19. The van der Waals surface area contributed by atoms with E-state index in [4.69, 9.17) is 4.74 Å². The Kier molecular flexibility index (Phi) is 9.34. The first-order chi connectivity index (χ1) is 17.9. The fourth-order valence-corrected chi connectivity index (χ4v) is 5.74. The van der Waals surface area contributed by atoms with Gasteiger partial charge in [0.2, 0.25) is 5.91 Å². The summed E-state index contributed by atoms with van der Waals surface area (Å²) < 4.78 is 20.1. The fourth-order valence-electron chi connectivity index (χ4n) is 5.74. The number of aryl methyl sites for hydroxylation is 2. The van der Waals surface area contributed by atoms with Crippen molar-refractivity contribution < 1.29 is 28.6 Å². The normalized spacial score (nSPS) is 22.2. The lowest BCUT2D eigenvalue weighted by atomic mass is 9.66. The van der Waals surface area contributed by atoms with E-state index in [1.165, 1.54) is 19.4 Å². The summed E-state index contributed by atoms with van der Waals surface area (Å²) in [7, 11) is 0. The molecule has 38 heavy (non-hydrogen) atoms. The molecule has 0 aromatic heterocycles. The lowest BCUT2D eigenvalue weighted by molar-refractivity contribution is -0.161. The molecule has 1 aliphatic rings. The third-order valence-electron chi connectivity index (χ3n) is 7.66. The standard InChI is InChI=1S/C31H40FNO5/c1-6-38-27-17-25(20(2)16-26(27)22(4)34)21(3)24(15-11-10-14-23-12-8-7-9-13-23)28(35)33-31(29(36)37)18-30(5,32)19-31/h7-9,12-13,16-17,21,24H,6,10-11,14-15,18-19H2,1-5H3,(H,33,35)(H,36,37). The molecule has 0 aliphatic heterocycles. The number of rotatable bonds is 13. The number of hydrogen-bond acceptors (Lipinski definition) is 4. The minimum Gasteiger partial charge on any atom is -0.493 e. The second kappa shape index (κ2) is 12.1. The molecule has 206 valence electrons. The van der Waals surface area contributed by atoms with Crippen molar-refractivity contribution in [1.82, 2.24) is 5.32 Å². The quantitative estimate of drug-likeness (QED) is 0.240. The van der Waals surface area contributed by atoms with E-state index in [9.17, 15) is 23.9 Å². The van der Waals surface area contributed by atoms with Crippen molar-refractivity contribution in [2.75, 3.05) is 6.61 Å². The lowest BCUT2D eigenvalue weighted by Gasteiger charge is -2.47. The number of hydrogen-bond donors (Lipinski definition) is 2. The number of benzene rings is 2. The zero-order chi connectivity index (χ0) is 28.1. The number of aliphatic carboxylic acids is 1. The molecule has 7 heteroatoms. The second-order valence-corrected chi connectivity index (χ2v) is 11.0. The zero-order valence-electron chi connectivity index (χ0n) is 23.1. The number of amides is 1. The first-order valence-corrected chi connectivity index (χ1v) is 13.5. The largest absolute Gasteiger partial charge is 0.493 e. The van der Waals surface area contributed by atoms with E-state index in [1.54, 1.807) is 6.07 Å². The minimum absolute atomic E-state index is 0.103. The highest BCUT2D eigenvalue weighted by atomic mass is 19.1. The van der Waals surface area contributed by atoms with Crippen LogP contribution in [0.1, 0.15) is 92.8 Å². The van der Waals surface area contributed by atoms with Gasteiger partial charge in [-0.1, -0.05) is 43.7 Å². The SMILES string of the molecule is CCOc1cc(C(C)C(CCCCc2ccccc2)C(=O)NC2(C(=O)O)CC(C)(F)C2)c(C)cc1C(C)=O. The van der Waals surface area contributed by atoms with Crippen LogP contribution in [0.4, 0.5) is 4.39 Å². The van der Waals surface area contributed by atoms with Gasteiger partial charge in [0.15, 0.2) is 5.78 Å². The van der Waals surface area contributed by atoms with Crippen LogP contribution in [0.3, 0.4) is 0 Å². The highest BCUT2D eigenvalue weighted by Crippen LogP contribution is 2.45. The van der Waals surface area contributed by atoms with Gasteiger partial charge in [-0.2, -0.15) is 0 Å². The van der Waals surface area contributed by atoms with Crippen molar-refractivity contribution >= 4 is 17.7 Å². The maximum absolute atomic E-state index is 14.4. The molecule has 0 saturated heterocycles. The summed E-state index contributed by atoms with van der Waals surface area (Å²) in [6, 6.07) is 13.7. The van der Waals surface area contributed by atoms with Gasteiger partial charge in [-0.25, -0.2) is 9.18 Å². The van der Waals surface area contributed by atoms with E-state index in [0.717, 1.165) is 30.4 Å². The van der Waals surface area contributed by atoms with Crippen LogP contribution in [-0.2, 0) is 16.0 Å².